The average molecular weight is 274 g/mol. The van der Waals surface area contributed by atoms with E-state index in [9.17, 15) is 4.39 Å². The number of methoxy groups -OCH3 is 1. The molecular formula is C16H19FN2O. The molecule has 0 atom stereocenters. The van der Waals surface area contributed by atoms with Gasteiger partial charge in [-0.25, -0.2) is 4.39 Å². The molecule has 0 unspecified atom stereocenters. The zero-order valence-corrected chi connectivity index (χ0v) is 11.8. The van der Waals surface area contributed by atoms with Crippen molar-refractivity contribution in [1.29, 1.82) is 0 Å². The summed E-state index contributed by atoms with van der Waals surface area (Å²) >= 11 is 0. The molecule has 0 aliphatic rings. The molecule has 0 saturated carbocycles. The molecule has 2 aromatic carbocycles. The zero-order valence-electron chi connectivity index (χ0n) is 11.8. The van der Waals surface area contributed by atoms with Gasteiger partial charge in [-0.05, 0) is 29.8 Å². The minimum absolute atomic E-state index is 0.206. The Balaban J connectivity index is 2.21. The number of halogens is 1. The normalized spacial score (nSPS) is 10.4. The van der Waals surface area contributed by atoms with Gasteiger partial charge in [-0.15, -0.1) is 0 Å². The van der Waals surface area contributed by atoms with Crippen molar-refractivity contribution in [2.75, 3.05) is 19.1 Å². The molecule has 106 valence electrons. The van der Waals surface area contributed by atoms with Gasteiger partial charge in [-0.1, -0.05) is 18.2 Å². The summed E-state index contributed by atoms with van der Waals surface area (Å²) in [4.78, 5) is 2.06. The zero-order chi connectivity index (χ0) is 14.5. The highest BCUT2D eigenvalue weighted by Gasteiger charge is 2.09. The van der Waals surface area contributed by atoms with Gasteiger partial charge in [0.05, 0.1) is 12.8 Å². The first-order chi connectivity index (χ1) is 9.65. The van der Waals surface area contributed by atoms with E-state index < -0.39 is 0 Å². The molecule has 2 aromatic rings. The Bertz CT molecular complexity index is 586. The standard InChI is InChI=1S/C16H19FN2O/c1-19(15-5-3-4-6-16(15)20-2)11-12-7-8-14(17)13(9-12)10-18/h3-9H,10-11,18H2,1-2H3. The fourth-order valence-corrected chi connectivity index (χ4v) is 2.19. The fraction of sp³-hybridized carbons (Fsp3) is 0.250. The van der Waals surface area contributed by atoms with E-state index in [2.05, 4.69) is 4.90 Å². The highest BCUT2D eigenvalue weighted by Crippen LogP contribution is 2.27. The molecule has 0 aromatic heterocycles. The molecule has 0 spiro atoms. The predicted molar refractivity (Wildman–Crippen MR) is 79.4 cm³/mol. The molecule has 3 nitrogen and oxygen atoms in total. The Hall–Kier alpha value is -2.07. The van der Waals surface area contributed by atoms with Crippen molar-refractivity contribution in [3.05, 3.63) is 59.4 Å². The molecule has 0 aliphatic carbocycles. The van der Waals surface area contributed by atoms with E-state index in [1.165, 1.54) is 6.07 Å². The van der Waals surface area contributed by atoms with Gasteiger partial charge in [-0.3, -0.25) is 0 Å². The van der Waals surface area contributed by atoms with Crippen molar-refractivity contribution in [3.8, 4) is 5.75 Å². The van der Waals surface area contributed by atoms with Crippen LogP contribution in [0.25, 0.3) is 0 Å². The molecule has 0 saturated heterocycles. The van der Waals surface area contributed by atoms with Gasteiger partial charge in [-0.2, -0.15) is 0 Å². The maximum absolute atomic E-state index is 13.4. The van der Waals surface area contributed by atoms with Crippen LogP contribution in [0.2, 0.25) is 0 Å². The molecule has 0 bridgehead atoms. The Morgan fingerprint density at radius 3 is 2.65 bits per heavy atom. The van der Waals surface area contributed by atoms with Crippen LogP contribution in [0.1, 0.15) is 11.1 Å². The van der Waals surface area contributed by atoms with E-state index in [0.29, 0.717) is 12.1 Å². The minimum atomic E-state index is -0.254. The maximum atomic E-state index is 13.4. The lowest BCUT2D eigenvalue weighted by Crippen LogP contribution is -2.17. The molecule has 0 heterocycles. The number of hydrogen-bond acceptors (Lipinski definition) is 3. The van der Waals surface area contributed by atoms with Crippen molar-refractivity contribution in [1.82, 2.24) is 0 Å². The summed E-state index contributed by atoms with van der Waals surface area (Å²) in [7, 11) is 3.63. The van der Waals surface area contributed by atoms with Crippen LogP contribution in [0.15, 0.2) is 42.5 Å². The third-order valence-electron chi connectivity index (χ3n) is 3.25. The summed E-state index contributed by atoms with van der Waals surface area (Å²) in [6.45, 7) is 0.867. The van der Waals surface area contributed by atoms with E-state index in [1.54, 1.807) is 19.2 Å². The van der Waals surface area contributed by atoms with Gasteiger partial charge in [0.1, 0.15) is 11.6 Å². The number of rotatable bonds is 5. The number of para-hydroxylation sites is 2. The topological polar surface area (TPSA) is 38.5 Å². The van der Waals surface area contributed by atoms with Gasteiger partial charge in [0, 0.05) is 25.7 Å². The Kier molecular flexibility index (Phi) is 4.58. The number of anilines is 1. The second-order valence-electron chi connectivity index (χ2n) is 4.66. The molecule has 2 N–H and O–H groups in total. The number of hydrogen-bond donors (Lipinski definition) is 1. The number of nitrogens with zero attached hydrogens (tertiary/aromatic N) is 1. The summed E-state index contributed by atoms with van der Waals surface area (Å²) in [5.41, 5.74) is 8.08. The number of benzene rings is 2. The van der Waals surface area contributed by atoms with Crippen LogP contribution in [0, 0.1) is 5.82 Å². The molecule has 2 rings (SSSR count). The van der Waals surface area contributed by atoms with Crippen LogP contribution in [-0.2, 0) is 13.1 Å². The lowest BCUT2D eigenvalue weighted by molar-refractivity contribution is 0.415. The predicted octanol–water partition coefficient (Wildman–Crippen LogP) is 2.93. The van der Waals surface area contributed by atoms with Crippen molar-refractivity contribution < 1.29 is 9.13 Å². The van der Waals surface area contributed by atoms with E-state index in [-0.39, 0.29) is 12.4 Å². The van der Waals surface area contributed by atoms with Crippen LogP contribution in [0.3, 0.4) is 0 Å². The molecular weight excluding hydrogens is 255 g/mol. The first kappa shape index (κ1) is 14.3. The highest BCUT2D eigenvalue weighted by atomic mass is 19.1. The maximum Gasteiger partial charge on any atom is 0.142 e. The van der Waals surface area contributed by atoms with Gasteiger partial charge in [0.15, 0.2) is 0 Å². The van der Waals surface area contributed by atoms with E-state index in [1.807, 2.05) is 31.3 Å². The molecule has 4 heteroatoms. The third kappa shape index (κ3) is 3.08. The van der Waals surface area contributed by atoms with Gasteiger partial charge >= 0.3 is 0 Å². The molecule has 0 radical (unpaired) electrons. The van der Waals surface area contributed by atoms with Crippen LogP contribution in [0.4, 0.5) is 10.1 Å². The van der Waals surface area contributed by atoms with Crippen molar-refractivity contribution in [3.63, 3.8) is 0 Å². The summed E-state index contributed by atoms with van der Waals surface area (Å²) in [6, 6.07) is 12.9. The fourth-order valence-electron chi connectivity index (χ4n) is 2.19. The van der Waals surface area contributed by atoms with E-state index >= 15 is 0 Å². The minimum Gasteiger partial charge on any atom is -0.495 e. The van der Waals surface area contributed by atoms with Crippen molar-refractivity contribution >= 4 is 5.69 Å². The second kappa shape index (κ2) is 6.39. The first-order valence-electron chi connectivity index (χ1n) is 6.47. The molecule has 0 aliphatic heterocycles. The van der Waals surface area contributed by atoms with E-state index in [4.69, 9.17) is 10.5 Å². The lowest BCUT2D eigenvalue weighted by atomic mass is 10.1. The van der Waals surface area contributed by atoms with Gasteiger partial charge in [0.2, 0.25) is 0 Å². The summed E-state index contributed by atoms with van der Waals surface area (Å²) < 4.78 is 18.8. The highest BCUT2D eigenvalue weighted by molar-refractivity contribution is 5.58. The Morgan fingerprint density at radius 1 is 1.20 bits per heavy atom. The van der Waals surface area contributed by atoms with Crippen LogP contribution in [-0.4, -0.2) is 14.2 Å². The SMILES string of the molecule is COc1ccccc1N(C)Cc1ccc(F)c(CN)c1. The summed E-state index contributed by atoms with van der Waals surface area (Å²) in [6.07, 6.45) is 0. The first-order valence-corrected chi connectivity index (χ1v) is 6.47. The monoisotopic (exact) mass is 274 g/mol. The van der Waals surface area contributed by atoms with E-state index in [0.717, 1.165) is 17.0 Å². The smallest absolute Gasteiger partial charge is 0.142 e. The van der Waals surface area contributed by atoms with Crippen molar-refractivity contribution in [2.24, 2.45) is 5.73 Å². The molecule has 0 amide bonds. The van der Waals surface area contributed by atoms with Crippen LogP contribution in [0.5, 0.6) is 5.75 Å². The Labute approximate surface area is 118 Å². The summed E-state index contributed by atoms with van der Waals surface area (Å²) in [5, 5.41) is 0. The Morgan fingerprint density at radius 2 is 1.95 bits per heavy atom. The largest absolute Gasteiger partial charge is 0.495 e. The quantitative estimate of drug-likeness (QED) is 0.911. The molecule has 0 fully saturated rings. The van der Waals surface area contributed by atoms with Gasteiger partial charge in [0.25, 0.3) is 0 Å². The van der Waals surface area contributed by atoms with Crippen LogP contribution >= 0.6 is 0 Å². The number of nitrogens with two attached hydrogens (primary N) is 1. The summed E-state index contributed by atoms with van der Waals surface area (Å²) in [5.74, 6) is 0.562. The second-order valence-corrected chi connectivity index (χ2v) is 4.66. The molecule has 20 heavy (non-hydrogen) atoms. The van der Waals surface area contributed by atoms with Crippen LogP contribution < -0.4 is 15.4 Å². The average Bonchev–Trinajstić information content (AvgIpc) is 2.49. The van der Waals surface area contributed by atoms with Gasteiger partial charge < -0.3 is 15.4 Å². The van der Waals surface area contributed by atoms with Crippen molar-refractivity contribution in [2.45, 2.75) is 13.1 Å². The number of ether oxygens (including phenoxy) is 1. The third-order valence-corrected chi connectivity index (χ3v) is 3.25. The lowest BCUT2D eigenvalue weighted by Gasteiger charge is -2.22.